The first kappa shape index (κ1) is 12.1. The fourth-order valence-corrected chi connectivity index (χ4v) is 2.74. The second kappa shape index (κ2) is 5.30. The lowest BCUT2D eigenvalue weighted by Gasteiger charge is -2.21. The molecule has 0 aliphatic carbocycles. The number of halogens is 1. The van der Waals surface area contributed by atoms with Crippen LogP contribution in [0.1, 0.15) is 18.9 Å². The molecule has 1 saturated heterocycles. The van der Waals surface area contributed by atoms with Gasteiger partial charge in [-0.1, -0.05) is 34.1 Å². The molecule has 3 unspecified atom stereocenters. The molecule has 0 bridgehead atoms. The normalized spacial score (nSPS) is 26.9. The lowest BCUT2D eigenvalue weighted by molar-refractivity contribution is 0.0440. The SMILES string of the molecule is CC1OCCC1C(O)Cc1ccccc1Br. The van der Waals surface area contributed by atoms with Crippen molar-refractivity contribution in [1.82, 2.24) is 0 Å². The number of rotatable bonds is 3. The molecule has 0 amide bonds. The Balaban J connectivity index is 2.02. The summed E-state index contributed by atoms with van der Waals surface area (Å²) in [6.45, 7) is 2.82. The van der Waals surface area contributed by atoms with E-state index in [9.17, 15) is 5.11 Å². The molecule has 0 saturated carbocycles. The average molecular weight is 285 g/mol. The minimum atomic E-state index is -0.309. The summed E-state index contributed by atoms with van der Waals surface area (Å²) < 4.78 is 6.55. The molecule has 1 aromatic rings. The van der Waals surface area contributed by atoms with Gasteiger partial charge in [-0.2, -0.15) is 0 Å². The maximum atomic E-state index is 10.2. The van der Waals surface area contributed by atoms with Crippen LogP contribution in [0, 0.1) is 5.92 Å². The molecule has 1 aliphatic heterocycles. The largest absolute Gasteiger partial charge is 0.392 e. The Hall–Kier alpha value is -0.380. The van der Waals surface area contributed by atoms with Gasteiger partial charge in [0.2, 0.25) is 0 Å². The number of benzene rings is 1. The van der Waals surface area contributed by atoms with E-state index in [1.807, 2.05) is 31.2 Å². The summed E-state index contributed by atoms with van der Waals surface area (Å²) in [5.41, 5.74) is 1.16. The topological polar surface area (TPSA) is 29.5 Å². The molecule has 3 heteroatoms. The molecule has 0 spiro atoms. The van der Waals surface area contributed by atoms with Gasteiger partial charge in [0.05, 0.1) is 12.2 Å². The number of hydrogen-bond acceptors (Lipinski definition) is 2. The minimum absolute atomic E-state index is 0.178. The van der Waals surface area contributed by atoms with Crippen LogP contribution in [0.15, 0.2) is 28.7 Å². The van der Waals surface area contributed by atoms with E-state index < -0.39 is 0 Å². The van der Waals surface area contributed by atoms with Crippen LogP contribution >= 0.6 is 15.9 Å². The van der Waals surface area contributed by atoms with Gasteiger partial charge in [0.15, 0.2) is 0 Å². The average Bonchev–Trinajstić information content (AvgIpc) is 2.68. The summed E-state index contributed by atoms with van der Waals surface area (Å²) in [6.07, 6.45) is 1.53. The highest BCUT2D eigenvalue weighted by Crippen LogP contribution is 2.27. The zero-order chi connectivity index (χ0) is 11.5. The lowest BCUT2D eigenvalue weighted by atomic mass is 9.91. The van der Waals surface area contributed by atoms with Crippen LogP contribution in [0.2, 0.25) is 0 Å². The number of hydrogen-bond donors (Lipinski definition) is 1. The highest BCUT2D eigenvalue weighted by molar-refractivity contribution is 9.10. The lowest BCUT2D eigenvalue weighted by Crippen LogP contribution is -2.28. The third-order valence-corrected chi connectivity index (χ3v) is 4.09. The summed E-state index contributed by atoms with van der Waals surface area (Å²) in [6, 6.07) is 8.05. The molecule has 0 aromatic heterocycles. The highest BCUT2D eigenvalue weighted by Gasteiger charge is 2.30. The Kier molecular flexibility index (Phi) is 4.00. The molecule has 1 aliphatic rings. The van der Waals surface area contributed by atoms with E-state index in [-0.39, 0.29) is 18.1 Å². The van der Waals surface area contributed by atoms with Crippen LogP contribution in [0.5, 0.6) is 0 Å². The van der Waals surface area contributed by atoms with E-state index in [1.54, 1.807) is 0 Å². The van der Waals surface area contributed by atoms with Crippen molar-refractivity contribution in [3.8, 4) is 0 Å². The van der Waals surface area contributed by atoms with E-state index in [2.05, 4.69) is 15.9 Å². The van der Waals surface area contributed by atoms with Crippen LogP contribution in [0.4, 0.5) is 0 Å². The van der Waals surface area contributed by atoms with Gasteiger partial charge in [-0.15, -0.1) is 0 Å². The van der Waals surface area contributed by atoms with Crippen molar-refractivity contribution in [2.45, 2.75) is 32.0 Å². The second-order valence-electron chi connectivity index (χ2n) is 4.39. The quantitative estimate of drug-likeness (QED) is 0.925. The van der Waals surface area contributed by atoms with Crippen LogP contribution in [0.25, 0.3) is 0 Å². The van der Waals surface area contributed by atoms with E-state index >= 15 is 0 Å². The van der Waals surface area contributed by atoms with Crippen LogP contribution < -0.4 is 0 Å². The van der Waals surface area contributed by atoms with E-state index in [4.69, 9.17) is 4.74 Å². The molecule has 16 heavy (non-hydrogen) atoms. The molecule has 3 atom stereocenters. The molecular weight excluding hydrogens is 268 g/mol. The minimum Gasteiger partial charge on any atom is -0.392 e. The van der Waals surface area contributed by atoms with Gasteiger partial charge in [0.25, 0.3) is 0 Å². The van der Waals surface area contributed by atoms with Gasteiger partial charge in [0.1, 0.15) is 0 Å². The van der Waals surface area contributed by atoms with Crippen LogP contribution in [0.3, 0.4) is 0 Å². The summed E-state index contributed by atoms with van der Waals surface area (Å²) >= 11 is 3.51. The summed E-state index contributed by atoms with van der Waals surface area (Å²) in [7, 11) is 0. The standard InChI is InChI=1S/C13H17BrO2/c1-9-11(6-7-16-9)13(15)8-10-4-2-3-5-12(10)14/h2-5,9,11,13,15H,6-8H2,1H3. The maximum Gasteiger partial charge on any atom is 0.0634 e. The van der Waals surface area contributed by atoms with Crippen LogP contribution in [-0.4, -0.2) is 23.9 Å². The predicted molar refractivity (Wildman–Crippen MR) is 67.4 cm³/mol. The fourth-order valence-electron chi connectivity index (χ4n) is 2.29. The Morgan fingerprint density at radius 2 is 2.25 bits per heavy atom. The molecule has 2 nitrogen and oxygen atoms in total. The molecule has 1 aromatic carbocycles. The number of aliphatic hydroxyl groups is 1. The smallest absolute Gasteiger partial charge is 0.0634 e. The second-order valence-corrected chi connectivity index (χ2v) is 5.25. The van der Waals surface area contributed by atoms with Crippen molar-refractivity contribution in [2.24, 2.45) is 5.92 Å². The van der Waals surface area contributed by atoms with Gasteiger partial charge in [-0.3, -0.25) is 0 Å². The fraction of sp³-hybridized carbons (Fsp3) is 0.538. The predicted octanol–water partition coefficient (Wildman–Crippen LogP) is 2.78. The first-order valence-electron chi connectivity index (χ1n) is 5.71. The van der Waals surface area contributed by atoms with Gasteiger partial charge < -0.3 is 9.84 Å². The number of ether oxygens (including phenoxy) is 1. The van der Waals surface area contributed by atoms with Gasteiger partial charge >= 0.3 is 0 Å². The third kappa shape index (κ3) is 2.65. The van der Waals surface area contributed by atoms with Crippen molar-refractivity contribution < 1.29 is 9.84 Å². The van der Waals surface area contributed by atoms with Crippen LogP contribution in [-0.2, 0) is 11.2 Å². The first-order valence-corrected chi connectivity index (χ1v) is 6.51. The molecular formula is C13H17BrO2. The van der Waals surface area contributed by atoms with E-state index in [0.717, 1.165) is 23.1 Å². The number of aliphatic hydroxyl groups excluding tert-OH is 1. The maximum absolute atomic E-state index is 10.2. The van der Waals surface area contributed by atoms with Crippen molar-refractivity contribution in [3.63, 3.8) is 0 Å². The molecule has 88 valence electrons. The van der Waals surface area contributed by atoms with E-state index in [0.29, 0.717) is 6.42 Å². The first-order chi connectivity index (χ1) is 7.68. The van der Waals surface area contributed by atoms with Gasteiger partial charge in [0, 0.05) is 17.0 Å². The zero-order valence-electron chi connectivity index (χ0n) is 9.40. The Morgan fingerprint density at radius 1 is 1.50 bits per heavy atom. The van der Waals surface area contributed by atoms with E-state index in [1.165, 1.54) is 0 Å². The van der Waals surface area contributed by atoms with Gasteiger partial charge in [-0.25, -0.2) is 0 Å². The molecule has 1 heterocycles. The summed E-state index contributed by atoms with van der Waals surface area (Å²) in [5.74, 6) is 0.270. The van der Waals surface area contributed by atoms with Crippen molar-refractivity contribution in [3.05, 3.63) is 34.3 Å². The van der Waals surface area contributed by atoms with Crippen molar-refractivity contribution in [1.29, 1.82) is 0 Å². The van der Waals surface area contributed by atoms with Crippen molar-refractivity contribution in [2.75, 3.05) is 6.61 Å². The summed E-state index contributed by atoms with van der Waals surface area (Å²) in [5, 5.41) is 10.2. The van der Waals surface area contributed by atoms with Crippen molar-refractivity contribution >= 4 is 15.9 Å². The Morgan fingerprint density at radius 3 is 2.88 bits per heavy atom. The highest BCUT2D eigenvalue weighted by atomic mass is 79.9. The molecule has 1 fully saturated rings. The molecule has 0 radical (unpaired) electrons. The van der Waals surface area contributed by atoms with Gasteiger partial charge in [-0.05, 0) is 31.4 Å². The zero-order valence-corrected chi connectivity index (χ0v) is 11.0. The third-order valence-electron chi connectivity index (χ3n) is 3.32. The monoisotopic (exact) mass is 284 g/mol. The Bertz CT molecular complexity index is 354. The Labute approximate surface area is 105 Å². The molecule has 1 N–H and O–H groups in total. The molecule has 2 rings (SSSR count). The summed E-state index contributed by atoms with van der Waals surface area (Å²) in [4.78, 5) is 0.